The normalized spacial score (nSPS) is 11.1. The number of hydrogen-bond donors (Lipinski definition) is 1. The van der Waals surface area contributed by atoms with Gasteiger partial charge in [-0.05, 0) is 29.5 Å². The van der Waals surface area contributed by atoms with E-state index in [0.717, 1.165) is 0 Å². The lowest BCUT2D eigenvalue weighted by Crippen LogP contribution is -2.07. The second kappa shape index (κ2) is 5.63. The summed E-state index contributed by atoms with van der Waals surface area (Å²) in [6.07, 6.45) is -0.577. The number of carbonyl (C=O) groups is 1. The van der Waals surface area contributed by atoms with E-state index < -0.39 is 29.7 Å². The summed E-state index contributed by atoms with van der Waals surface area (Å²) in [7, 11) is 0. The molecule has 0 aliphatic heterocycles. The van der Waals surface area contributed by atoms with Gasteiger partial charge in [0.15, 0.2) is 0 Å². The number of nitrogens with zero attached hydrogens (tertiary/aromatic N) is 1. The topological polar surface area (TPSA) is 61.1 Å². The first-order valence-electron chi connectivity index (χ1n) is 4.43. The molecular weight excluding hydrogens is 335 g/mol. The fraction of sp³-hybridized carbons (Fsp3) is 0.200. The van der Waals surface area contributed by atoms with Crippen molar-refractivity contribution < 1.29 is 23.1 Å². The third kappa shape index (κ3) is 4.23. The minimum absolute atomic E-state index is 0.0456. The first-order valence-corrected chi connectivity index (χ1v) is 6.04. The van der Waals surface area contributed by atoms with Gasteiger partial charge in [0.05, 0.1) is 12.0 Å². The Labute approximate surface area is 113 Å². The molecule has 18 heavy (non-hydrogen) atoms. The minimum Gasteiger partial charge on any atom is -0.481 e. The van der Waals surface area contributed by atoms with Crippen molar-refractivity contribution in [3.05, 3.63) is 27.7 Å². The Morgan fingerprint density at radius 1 is 1.50 bits per heavy atom. The van der Waals surface area contributed by atoms with E-state index in [2.05, 4.69) is 15.9 Å². The van der Waals surface area contributed by atoms with Crippen molar-refractivity contribution in [2.45, 2.75) is 16.8 Å². The molecule has 0 fully saturated rings. The van der Waals surface area contributed by atoms with Gasteiger partial charge in [-0.1, -0.05) is 15.9 Å². The number of carboxylic acid groups (broad SMARTS) is 1. The van der Waals surface area contributed by atoms with Crippen LogP contribution >= 0.6 is 27.7 Å². The molecular formula is C10H5BrF3NO2S. The van der Waals surface area contributed by atoms with E-state index in [-0.39, 0.29) is 16.0 Å². The molecule has 0 spiro atoms. The summed E-state index contributed by atoms with van der Waals surface area (Å²) in [5.74, 6) is -1.26. The molecule has 0 unspecified atom stereocenters. The Morgan fingerprint density at radius 3 is 2.56 bits per heavy atom. The average molecular weight is 340 g/mol. The highest BCUT2D eigenvalue weighted by molar-refractivity contribution is 9.10. The summed E-state index contributed by atoms with van der Waals surface area (Å²) in [6, 6.07) is 4.12. The van der Waals surface area contributed by atoms with E-state index in [0.29, 0.717) is 4.47 Å². The Hall–Kier alpha value is -1.20. The largest absolute Gasteiger partial charge is 0.481 e. The molecule has 0 atom stereocenters. The van der Waals surface area contributed by atoms with Gasteiger partial charge < -0.3 is 5.11 Å². The first kappa shape index (κ1) is 14.9. The number of halogens is 4. The van der Waals surface area contributed by atoms with Crippen LogP contribution in [-0.4, -0.2) is 16.6 Å². The zero-order chi connectivity index (χ0) is 13.9. The summed E-state index contributed by atoms with van der Waals surface area (Å²) in [6.45, 7) is 0. The van der Waals surface area contributed by atoms with Gasteiger partial charge in [0.2, 0.25) is 0 Å². The van der Waals surface area contributed by atoms with Gasteiger partial charge in [-0.2, -0.15) is 18.4 Å². The van der Waals surface area contributed by atoms with E-state index in [1.54, 1.807) is 6.07 Å². The van der Waals surface area contributed by atoms with Crippen LogP contribution in [0.15, 0.2) is 21.5 Å². The van der Waals surface area contributed by atoms with E-state index in [9.17, 15) is 18.0 Å². The van der Waals surface area contributed by atoms with Crippen molar-refractivity contribution in [3.8, 4) is 6.07 Å². The van der Waals surface area contributed by atoms with Gasteiger partial charge in [0, 0.05) is 9.37 Å². The van der Waals surface area contributed by atoms with Gasteiger partial charge in [0.1, 0.15) is 6.07 Å². The molecule has 1 N–H and O–H groups in total. The van der Waals surface area contributed by atoms with Crippen molar-refractivity contribution in [2.24, 2.45) is 0 Å². The lowest BCUT2D eigenvalue weighted by atomic mass is 10.1. The molecule has 1 aromatic rings. The number of carboxylic acids is 1. The Morgan fingerprint density at radius 2 is 2.11 bits per heavy atom. The van der Waals surface area contributed by atoms with Gasteiger partial charge in [-0.15, -0.1) is 0 Å². The second-order valence-electron chi connectivity index (χ2n) is 3.17. The van der Waals surface area contributed by atoms with E-state index in [1.807, 2.05) is 0 Å². The molecule has 0 heterocycles. The molecule has 0 radical (unpaired) electrons. The van der Waals surface area contributed by atoms with Crippen molar-refractivity contribution >= 4 is 33.7 Å². The summed E-state index contributed by atoms with van der Waals surface area (Å²) in [4.78, 5) is 10.2. The van der Waals surface area contributed by atoms with Crippen molar-refractivity contribution in [3.63, 3.8) is 0 Å². The van der Waals surface area contributed by atoms with Crippen molar-refractivity contribution in [1.29, 1.82) is 5.26 Å². The zero-order valence-electron chi connectivity index (χ0n) is 8.58. The van der Waals surface area contributed by atoms with Crippen LogP contribution in [0.25, 0.3) is 0 Å². The smallest absolute Gasteiger partial charge is 0.446 e. The second-order valence-corrected chi connectivity index (χ2v) is 5.16. The average Bonchev–Trinajstić information content (AvgIpc) is 2.19. The molecule has 1 aromatic carbocycles. The third-order valence-electron chi connectivity index (χ3n) is 1.81. The van der Waals surface area contributed by atoms with Crippen LogP contribution in [0.4, 0.5) is 13.2 Å². The highest BCUT2D eigenvalue weighted by Gasteiger charge is 2.32. The summed E-state index contributed by atoms with van der Waals surface area (Å²) < 4.78 is 37.5. The van der Waals surface area contributed by atoms with E-state index in [4.69, 9.17) is 10.4 Å². The van der Waals surface area contributed by atoms with Crippen LogP contribution in [0, 0.1) is 11.3 Å². The fourth-order valence-corrected chi connectivity index (χ4v) is 2.48. The lowest BCUT2D eigenvalue weighted by Gasteiger charge is -2.12. The Balaban J connectivity index is 3.34. The molecule has 0 bridgehead atoms. The SMILES string of the molecule is N#Cc1cc(Br)cc(CC(=O)O)c1SC(F)(F)F. The fourth-order valence-electron chi connectivity index (χ4n) is 1.26. The lowest BCUT2D eigenvalue weighted by molar-refractivity contribution is -0.136. The predicted octanol–water partition coefficient (Wildman–Crippen LogP) is 3.56. The summed E-state index contributed by atoms with van der Waals surface area (Å²) >= 11 is 2.55. The summed E-state index contributed by atoms with van der Waals surface area (Å²) in [5.41, 5.74) is -4.83. The van der Waals surface area contributed by atoms with Crippen LogP contribution in [0.3, 0.4) is 0 Å². The number of nitriles is 1. The number of benzene rings is 1. The molecule has 1 rings (SSSR count). The predicted molar refractivity (Wildman–Crippen MR) is 62.1 cm³/mol. The molecule has 0 amide bonds. The number of alkyl halides is 3. The Bertz CT molecular complexity index is 525. The number of rotatable bonds is 3. The Kier molecular flexibility index (Phi) is 4.65. The van der Waals surface area contributed by atoms with Crippen molar-refractivity contribution in [1.82, 2.24) is 0 Å². The molecule has 0 saturated carbocycles. The van der Waals surface area contributed by atoms with E-state index >= 15 is 0 Å². The van der Waals surface area contributed by atoms with Gasteiger partial charge >= 0.3 is 11.5 Å². The van der Waals surface area contributed by atoms with E-state index in [1.165, 1.54) is 12.1 Å². The monoisotopic (exact) mass is 339 g/mol. The molecule has 8 heteroatoms. The highest BCUT2D eigenvalue weighted by atomic mass is 79.9. The maximum atomic E-state index is 12.4. The highest BCUT2D eigenvalue weighted by Crippen LogP contribution is 2.41. The molecule has 0 aromatic heterocycles. The minimum atomic E-state index is -4.58. The number of aliphatic carboxylic acids is 1. The molecule has 96 valence electrons. The van der Waals surface area contributed by atoms with Gasteiger partial charge in [-0.3, -0.25) is 4.79 Å². The third-order valence-corrected chi connectivity index (χ3v) is 3.19. The maximum Gasteiger partial charge on any atom is 0.446 e. The van der Waals surface area contributed by atoms with Crippen LogP contribution in [-0.2, 0) is 11.2 Å². The molecule has 0 aliphatic rings. The van der Waals surface area contributed by atoms with Crippen LogP contribution in [0.5, 0.6) is 0 Å². The van der Waals surface area contributed by atoms with Gasteiger partial charge in [0.25, 0.3) is 0 Å². The maximum absolute atomic E-state index is 12.4. The van der Waals surface area contributed by atoms with Crippen LogP contribution in [0.2, 0.25) is 0 Å². The molecule has 3 nitrogen and oxygen atoms in total. The van der Waals surface area contributed by atoms with Gasteiger partial charge in [-0.25, -0.2) is 0 Å². The molecule has 0 aliphatic carbocycles. The first-order chi connectivity index (χ1) is 8.23. The quantitative estimate of drug-likeness (QED) is 0.855. The van der Waals surface area contributed by atoms with Crippen molar-refractivity contribution in [2.75, 3.05) is 0 Å². The number of hydrogen-bond acceptors (Lipinski definition) is 3. The zero-order valence-corrected chi connectivity index (χ0v) is 11.0. The van der Waals surface area contributed by atoms with Crippen LogP contribution in [0.1, 0.15) is 11.1 Å². The number of thioether (sulfide) groups is 1. The molecule has 0 saturated heterocycles. The standard InChI is InChI=1S/C10H5BrF3NO2S/c11-7-1-5(3-8(16)17)9(6(2-7)4-15)18-10(12,13)14/h1-2H,3H2,(H,16,17). The summed E-state index contributed by atoms with van der Waals surface area (Å²) in [5, 5.41) is 17.5. The van der Waals surface area contributed by atoms with Crippen LogP contribution < -0.4 is 0 Å².